The molecule has 146 valence electrons. The van der Waals surface area contributed by atoms with Crippen LogP contribution >= 0.6 is 0 Å². The molecule has 2 aromatic carbocycles. The molecule has 0 aliphatic heterocycles. The summed E-state index contributed by atoms with van der Waals surface area (Å²) in [4.78, 5) is 12.4. The highest BCUT2D eigenvalue weighted by Gasteiger charge is 2.26. The highest BCUT2D eigenvalue weighted by Crippen LogP contribution is 2.38. The van der Waals surface area contributed by atoms with Crippen LogP contribution in [0.2, 0.25) is 0 Å². The molecule has 0 heterocycles. The van der Waals surface area contributed by atoms with E-state index in [0.717, 1.165) is 55.3 Å². The first-order chi connectivity index (χ1) is 13.5. The maximum Gasteiger partial charge on any atom is 0.504 e. The molecule has 3 N–H and O–H groups in total. The first kappa shape index (κ1) is 18.8. The number of carbonyl (C=O) groups is 1. The zero-order valence-electron chi connectivity index (χ0n) is 15.3. The Balaban J connectivity index is 1.56. The van der Waals surface area contributed by atoms with Crippen LogP contribution in [0.15, 0.2) is 35.2 Å². The minimum atomic E-state index is -4.07. The number of aryl methyl sites for hydroxylation is 2. The van der Waals surface area contributed by atoms with Gasteiger partial charge >= 0.3 is 13.7 Å². The number of benzene rings is 2. The number of rotatable bonds is 5. The molecule has 28 heavy (non-hydrogen) atoms. The summed E-state index contributed by atoms with van der Waals surface area (Å²) in [5.74, 6) is 0.199. The maximum atomic E-state index is 12.6. The van der Waals surface area contributed by atoms with Crippen molar-refractivity contribution in [2.75, 3.05) is 5.32 Å². The SMILES string of the molecule is O=C(Nc1c2c(cc3c1CCC3)CCC2)NS(=O)(=O)c1cccc(OBO)c1. The van der Waals surface area contributed by atoms with E-state index < -0.39 is 23.7 Å². The van der Waals surface area contributed by atoms with Crippen molar-refractivity contribution in [1.29, 1.82) is 0 Å². The van der Waals surface area contributed by atoms with E-state index >= 15 is 0 Å². The van der Waals surface area contributed by atoms with Gasteiger partial charge in [0.25, 0.3) is 10.0 Å². The minimum absolute atomic E-state index is 0.114. The van der Waals surface area contributed by atoms with Crippen molar-refractivity contribution in [2.45, 2.75) is 43.4 Å². The zero-order chi connectivity index (χ0) is 19.7. The molecule has 0 saturated carbocycles. The lowest BCUT2D eigenvalue weighted by Gasteiger charge is -2.16. The second-order valence-corrected chi connectivity index (χ2v) is 8.72. The first-order valence-corrected chi connectivity index (χ1v) is 10.8. The second kappa shape index (κ2) is 7.48. The van der Waals surface area contributed by atoms with Crippen molar-refractivity contribution < 1.29 is 22.9 Å². The second-order valence-electron chi connectivity index (χ2n) is 7.04. The van der Waals surface area contributed by atoms with Gasteiger partial charge in [0, 0.05) is 5.69 Å². The van der Waals surface area contributed by atoms with Crippen LogP contribution in [-0.2, 0) is 35.7 Å². The summed E-state index contributed by atoms with van der Waals surface area (Å²) >= 11 is 0. The Labute approximate surface area is 164 Å². The highest BCUT2D eigenvalue weighted by atomic mass is 32.2. The fraction of sp³-hybridized carbons (Fsp3) is 0.316. The van der Waals surface area contributed by atoms with Crippen LogP contribution in [0, 0.1) is 0 Å². The van der Waals surface area contributed by atoms with E-state index in [9.17, 15) is 13.2 Å². The molecule has 0 unspecified atom stereocenters. The van der Waals surface area contributed by atoms with Crippen LogP contribution in [0.25, 0.3) is 0 Å². The van der Waals surface area contributed by atoms with Crippen molar-refractivity contribution in [2.24, 2.45) is 0 Å². The smallest absolute Gasteiger partial charge is 0.504 e. The number of amides is 2. The zero-order valence-corrected chi connectivity index (χ0v) is 16.1. The summed E-state index contributed by atoms with van der Waals surface area (Å²) in [6.07, 6.45) is 5.87. The quantitative estimate of drug-likeness (QED) is 0.664. The van der Waals surface area contributed by atoms with Crippen LogP contribution in [0.5, 0.6) is 5.75 Å². The van der Waals surface area contributed by atoms with Gasteiger partial charge in [0.1, 0.15) is 5.75 Å². The third-order valence-corrected chi connectivity index (χ3v) is 6.61. The molecule has 0 spiro atoms. The molecule has 2 aliphatic carbocycles. The van der Waals surface area contributed by atoms with E-state index in [1.165, 1.54) is 35.4 Å². The largest absolute Gasteiger partial charge is 0.539 e. The Morgan fingerprint density at radius 1 is 1.04 bits per heavy atom. The highest BCUT2D eigenvalue weighted by molar-refractivity contribution is 7.90. The van der Waals surface area contributed by atoms with Gasteiger partial charge in [0.15, 0.2) is 0 Å². The molecule has 0 saturated heterocycles. The number of hydrogen-bond acceptors (Lipinski definition) is 5. The number of fused-ring (bicyclic) bond motifs is 2. The van der Waals surface area contributed by atoms with E-state index in [-0.39, 0.29) is 10.6 Å². The summed E-state index contributed by atoms with van der Waals surface area (Å²) in [6.45, 7) is 0. The van der Waals surface area contributed by atoms with E-state index in [2.05, 4.69) is 16.1 Å². The minimum Gasteiger partial charge on any atom is -0.539 e. The molecule has 0 radical (unpaired) electrons. The van der Waals surface area contributed by atoms with Crippen LogP contribution < -0.4 is 14.7 Å². The molecule has 0 aromatic heterocycles. The molecule has 2 amide bonds. The normalized spacial score (nSPS) is 14.9. The molecule has 2 aromatic rings. The summed E-state index contributed by atoms with van der Waals surface area (Å²) in [7, 11) is -4.64. The van der Waals surface area contributed by atoms with Gasteiger partial charge in [0.2, 0.25) is 0 Å². The number of urea groups is 1. The van der Waals surface area contributed by atoms with Gasteiger partial charge in [0.05, 0.1) is 4.90 Å². The Kier molecular flexibility index (Phi) is 5.03. The Morgan fingerprint density at radius 2 is 1.71 bits per heavy atom. The van der Waals surface area contributed by atoms with Gasteiger partial charge in [-0.2, -0.15) is 0 Å². The number of carbonyl (C=O) groups excluding carboxylic acids is 1. The standard InChI is InChI=1S/C19H21BN2O5S/c23-19(22-28(25,26)15-7-3-6-14(11-15)27-20-24)21-18-16-8-1-4-12(16)10-13-5-2-9-17(13)18/h3,6-7,10-11,20,24H,1-2,4-5,8-9H2,(H2,21,22,23). The monoisotopic (exact) mass is 400 g/mol. The topological polar surface area (TPSA) is 105 Å². The van der Waals surface area contributed by atoms with Crippen LogP contribution in [0.3, 0.4) is 0 Å². The van der Waals surface area contributed by atoms with E-state index in [0.29, 0.717) is 0 Å². The van der Waals surface area contributed by atoms with Crippen LogP contribution in [0.1, 0.15) is 35.1 Å². The fourth-order valence-electron chi connectivity index (χ4n) is 4.09. The van der Waals surface area contributed by atoms with Crippen LogP contribution in [-0.4, -0.2) is 27.2 Å². The lowest BCUT2D eigenvalue weighted by atomic mass is 9.99. The van der Waals surface area contributed by atoms with E-state index in [1.54, 1.807) is 0 Å². The first-order valence-electron chi connectivity index (χ1n) is 9.32. The Hall–Kier alpha value is -2.52. The fourth-order valence-corrected chi connectivity index (χ4v) is 5.03. The predicted octanol–water partition coefficient (Wildman–Crippen LogP) is 1.81. The summed E-state index contributed by atoms with van der Waals surface area (Å²) in [5.41, 5.74) is 5.56. The summed E-state index contributed by atoms with van der Waals surface area (Å²) < 4.78 is 32.1. The van der Waals surface area contributed by atoms with Gasteiger partial charge in [-0.3, -0.25) is 0 Å². The van der Waals surface area contributed by atoms with Crippen molar-refractivity contribution in [3.63, 3.8) is 0 Å². The third kappa shape index (κ3) is 3.59. The molecule has 0 atom stereocenters. The van der Waals surface area contributed by atoms with E-state index in [4.69, 9.17) is 9.68 Å². The van der Waals surface area contributed by atoms with Crippen LogP contribution in [0.4, 0.5) is 10.5 Å². The Bertz CT molecular complexity index is 1010. The third-order valence-electron chi connectivity index (χ3n) is 5.29. The Morgan fingerprint density at radius 3 is 2.36 bits per heavy atom. The van der Waals surface area contributed by atoms with Crippen molar-refractivity contribution >= 4 is 29.4 Å². The number of sulfonamides is 1. The molecular weight excluding hydrogens is 379 g/mol. The number of anilines is 1. The summed E-state index contributed by atoms with van der Waals surface area (Å²) in [5, 5.41) is 11.6. The van der Waals surface area contributed by atoms with Gasteiger partial charge in [-0.1, -0.05) is 12.1 Å². The molecule has 7 nitrogen and oxygen atoms in total. The number of hydrogen-bond donors (Lipinski definition) is 3. The molecule has 4 rings (SSSR count). The predicted molar refractivity (Wildman–Crippen MR) is 106 cm³/mol. The molecular formula is C19H21BN2O5S. The average molecular weight is 400 g/mol. The van der Waals surface area contributed by atoms with Gasteiger partial charge in [-0.05, 0) is 79.0 Å². The van der Waals surface area contributed by atoms with Gasteiger partial charge in [-0.25, -0.2) is 17.9 Å². The van der Waals surface area contributed by atoms with E-state index in [1.807, 2.05) is 0 Å². The summed E-state index contributed by atoms with van der Waals surface area (Å²) in [6, 6.07) is 7.08. The lowest BCUT2D eigenvalue weighted by molar-refractivity contribution is 0.256. The number of nitrogens with one attached hydrogen (secondary N) is 2. The van der Waals surface area contributed by atoms with Crippen molar-refractivity contribution in [3.05, 3.63) is 52.6 Å². The van der Waals surface area contributed by atoms with Crippen molar-refractivity contribution in [1.82, 2.24) is 4.72 Å². The van der Waals surface area contributed by atoms with Gasteiger partial charge in [-0.15, -0.1) is 0 Å². The maximum absolute atomic E-state index is 12.6. The average Bonchev–Trinajstić information content (AvgIpc) is 3.30. The molecule has 0 fully saturated rings. The van der Waals surface area contributed by atoms with Gasteiger partial charge < -0.3 is 15.0 Å². The lowest BCUT2D eigenvalue weighted by Crippen LogP contribution is -2.35. The molecule has 9 heteroatoms. The molecule has 0 bridgehead atoms. The molecule has 2 aliphatic rings. The van der Waals surface area contributed by atoms with Crippen molar-refractivity contribution in [3.8, 4) is 5.75 Å².